The molecule has 0 saturated heterocycles. The lowest BCUT2D eigenvalue weighted by Gasteiger charge is -2.59. The highest BCUT2D eigenvalue weighted by atomic mass is 16.3. The molecule has 0 spiro atoms. The second kappa shape index (κ2) is 4.58. The molecule has 0 unspecified atom stereocenters. The van der Waals surface area contributed by atoms with E-state index in [1.807, 2.05) is 0 Å². The van der Waals surface area contributed by atoms with E-state index in [-0.39, 0.29) is 23.0 Å². The first kappa shape index (κ1) is 14.3. The van der Waals surface area contributed by atoms with Gasteiger partial charge in [-0.1, -0.05) is 26.0 Å². The zero-order valence-electron chi connectivity index (χ0n) is 13.5. The SMILES string of the molecule is C[C@]12C=C[C@@H](O)C[C@H]1CC[C@@H]1[C@@H]2CC[C@]2(C)[C@H](O)CC[C@@H]12. The smallest absolute Gasteiger partial charge is 0.0724 e. The predicted molar refractivity (Wildman–Crippen MR) is 83.6 cm³/mol. The van der Waals surface area contributed by atoms with Gasteiger partial charge in [0.15, 0.2) is 0 Å². The minimum Gasteiger partial charge on any atom is -0.393 e. The maximum Gasteiger partial charge on any atom is 0.0724 e. The Morgan fingerprint density at radius 1 is 0.952 bits per heavy atom. The first-order valence-electron chi connectivity index (χ1n) is 9.00. The number of rotatable bonds is 0. The molecule has 3 fully saturated rings. The fourth-order valence-corrected chi connectivity index (χ4v) is 6.76. The summed E-state index contributed by atoms with van der Waals surface area (Å²) in [6.45, 7) is 4.80. The van der Waals surface area contributed by atoms with Gasteiger partial charge in [-0.3, -0.25) is 0 Å². The molecular formula is C19H30O2. The van der Waals surface area contributed by atoms with Gasteiger partial charge in [-0.25, -0.2) is 0 Å². The zero-order chi connectivity index (χ0) is 14.8. The number of fused-ring (bicyclic) bond motifs is 5. The molecule has 0 amide bonds. The van der Waals surface area contributed by atoms with Crippen LogP contribution in [0.3, 0.4) is 0 Å². The van der Waals surface area contributed by atoms with Gasteiger partial charge in [0.25, 0.3) is 0 Å². The van der Waals surface area contributed by atoms with E-state index < -0.39 is 0 Å². The summed E-state index contributed by atoms with van der Waals surface area (Å²) in [7, 11) is 0. The number of hydrogen-bond acceptors (Lipinski definition) is 2. The molecule has 0 aromatic rings. The highest BCUT2D eigenvalue weighted by Crippen LogP contribution is 2.65. The minimum atomic E-state index is -0.221. The first-order valence-corrected chi connectivity index (χ1v) is 9.00. The lowest BCUT2D eigenvalue weighted by Crippen LogP contribution is -2.53. The quantitative estimate of drug-likeness (QED) is 0.670. The van der Waals surface area contributed by atoms with Gasteiger partial charge in [-0.2, -0.15) is 0 Å². The molecule has 0 heterocycles. The molecule has 4 aliphatic rings. The monoisotopic (exact) mass is 290 g/mol. The van der Waals surface area contributed by atoms with Gasteiger partial charge in [0, 0.05) is 0 Å². The molecule has 2 heteroatoms. The summed E-state index contributed by atoms with van der Waals surface area (Å²) in [5, 5.41) is 20.4. The van der Waals surface area contributed by atoms with Gasteiger partial charge < -0.3 is 10.2 Å². The summed E-state index contributed by atoms with van der Waals surface area (Å²) in [5.74, 6) is 2.95. The topological polar surface area (TPSA) is 40.5 Å². The van der Waals surface area contributed by atoms with E-state index >= 15 is 0 Å². The highest BCUT2D eigenvalue weighted by molar-refractivity contribution is 5.17. The van der Waals surface area contributed by atoms with E-state index in [2.05, 4.69) is 26.0 Å². The lowest BCUT2D eigenvalue weighted by molar-refractivity contribution is -0.0994. The standard InChI is InChI=1S/C19H30O2/c1-18-9-7-13(20)11-12(18)3-4-14-15-5-6-17(21)19(15,2)10-8-16(14)18/h7,9,12-17,20-21H,3-6,8,10-11H2,1-2H3/t12-,13-,14+,15+,16+,17-,18+,19+/m1/s1. The van der Waals surface area contributed by atoms with Crippen molar-refractivity contribution in [1.82, 2.24) is 0 Å². The summed E-state index contributed by atoms with van der Waals surface area (Å²) in [6, 6.07) is 0. The molecule has 2 nitrogen and oxygen atoms in total. The maximum atomic E-state index is 10.5. The normalized spacial score (nSPS) is 59.2. The second-order valence-electron chi connectivity index (χ2n) is 8.82. The van der Waals surface area contributed by atoms with Gasteiger partial charge in [0.1, 0.15) is 0 Å². The molecule has 0 bridgehead atoms. The highest BCUT2D eigenvalue weighted by Gasteiger charge is 2.59. The number of aliphatic hydroxyl groups excluding tert-OH is 2. The van der Waals surface area contributed by atoms with Crippen LogP contribution < -0.4 is 0 Å². The number of allylic oxidation sites excluding steroid dienone is 1. The Balaban J connectivity index is 1.67. The van der Waals surface area contributed by atoms with Gasteiger partial charge >= 0.3 is 0 Å². The Morgan fingerprint density at radius 2 is 1.76 bits per heavy atom. The van der Waals surface area contributed by atoms with Crippen LogP contribution in [0.15, 0.2) is 12.2 Å². The van der Waals surface area contributed by atoms with Crippen LogP contribution >= 0.6 is 0 Å². The molecule has 118 valence electrons. The fraction of sp³-hybridized carbons (Fsp3) is 0.895. The molecule has 0 aliphatic heterocycles. The van der Waals surface area contributed by atoms with Crippen LogP contribution in [0, 0.1) is 34.5 Å². The van der Waals surface area contributed by atoms with Crippen LogP contribution in [0.25, 0.3) is 0 Å². The van der Waals surface area contributed by atoms with E-state index in [0.717, 1.165) is 30.6 Å². The summed E-state index contributed by atoms with van der Waals surface area (Å²) < 4.78 is 0. The fourth-order valence-electron chi connectivity index (χ4n) is 6.76. The third-order valence-electron chi connectivity index (χ3n) is 8.12. The maximum absolute atomic E-state index is 10.5. The van der Waals surface area contributed by atoms with Gasteiger partial charge in [0.05, 0.1) is 12.2 Å². The van der Waals surface area contributed by atoms with Crippen molar-refractivity contribution < 1.29 is 10.2 Å². The van der Waals surface area contributed by atoms with E-state index in [0.29, 0.717) is 5.92 Å². The van der Waals surface area contributed by atoms with E-state index in [9.17, 15) is 10.2 Å². The van der Waals surface area contributed by atoms with Crippen LogP contribution in [0.1, 0.15) is 58.8 Å². The van der Waals surface area contributed by atoms with Crippen molar-refractivity contribution in [3.05, 3.63) is 12.2 Å². The van der Waals surface area contributed by atoms with Crippen molar-refractivity contribution in [2.75, 3.05) is 0 Å². The van der Waals surface area contributed by atoms with Crippen LogP contribution in [0.5, 0.6) is 0 Å². The van der Waals surface area contributed by atoms with Crippen LogP contribution in [-0.4, -0.2) is 22.4 Å². The minimum absolute atomic E-state index is 0.0716. The van der Waals surface area contributed by atoms with Crippen molar-refractivity contribution in [2.24, 2.45) is 34.5 Å². The molecule has 2 N–H and O–H groups in total. The summed E-state index contributed by atoms with van der Waals surface area (Å²) in [4.78, 5) is 0. The van der Waals surface area contributed by atoms with Crippen LogP contribution in [0.2, 0.25) is 0 Å². The van der Waals surface area contributed by atoms with Crippen molar-refractivity contribution in [2.45, 2.75) is 71.0 Å². The van der Waals surface area contributed by atoms with E-state index in [1.165, 1.54) is 32.1 Å². The molecule has 4 rings (SSSR count). The summed E-state index contributed by atoms with van der Waals surface area (Å²) in [6.07, 6.45) is 12.4. The lowest BCUT2D eigenvalue weighted by atomic mass is 9.46. The molecule has 0 aromatic carbocycles. The van der Waals surface area contributed by atoms with Gasteiger partial charge in [-0.05, 0) is 79.4 Å². The zero-order valence-corrected chi connectivity index (χ0v) is 13.5. The third kappa shape index (κ3) is 1.84. The third-order valence-corrected chi connectivity index (χ3v) is 8.12. The van der Waals surface area contributed by atoms with E-state index in [1.54, 1.807) is 0 Å². The Morgan fingerprint density at radius 3 is 2.57 bits per heavy atom. The second-order valence-corrected chi connectivity index (χ2v) is 8.82. The number of aliphatic hydroxyl groups is 2. The summed E-state index contributed by atoms with van der Waals surface area (Å²) >= 11 is 0. The molecule has 4 aliphatic carbocycles. The van der Waals surface area contributed by atoms with Crippen LogP contribution in [0.4, 0.5) is 0 Å². The molecule has 0 radical (unpaired) electrons. The predicted octanol–water partition coefficient (Wildman–Crippen LogP) is 3.53. The molecular weight excluding hydrogens is 260 g/mol. The largest absolute Gasteiger partial charge is 0.393 e. The number of hydrogen-bond donors (Lipinski definition) is 2. The van der Waals surface area contributed by atoms with Gasteiger partial charge in [0.2, 0.25) is 0 Å². The molecule has 3 saturated carbocycles. The molecule has 0 aromatic heterocycles. The average molecular weight is 290 g/mol. The average Bonchev–Trinajstić information content (AvgIpc) is 2.76. The molecule has 21 heavy (non-hydrogen) atoms. The van der Waals surface area contributed by atoms with Crippen LogP contribution in [-0.2, 0) is 0 Å². The Hall–Kier alpha value is -0.340. The van der Waals surface area contributed by atoms with Gasteiger partial charge in [-0.15, -0.1) is 0 Å². The Labute approximate surface area is 128 Å². The van der Waals surface area contributed by atoms with Crippen molar-refractivity contribution >= 4 is 0 Å². The van der Waals surface area contributed by atoms with Crippen molar-refractivity contribution in [1.29, 1.82) is 0 Å². The van der Waals surface area contributed by atoms with Crippen molar-refractivity contribution in [3.63, 3.8) is 0 Å². The Bertz CT molecular complexity index is 458. The molecule has 8 atom stereocenters. The first-order chi connectivity index (χ1) is 9.95. The van der Waals surface area contributed by atoms with Crippen molar-refractivity contribution in [3.8, 4) is 0 Å². The Kier molecular flexibility index (Phi) is 3.11. The summed E-state index contributed by atoms with van der Waals surface area (Å²) in [5.41, 5.74) is 0.472. The van der Waals surface area contributed by atoms with E-state index in [4.69, 9.17) is 0 Å².